The van der Waals surface area contributed by atoms with E-state index in [9.17, 15) is 4.79 Å². The van der Waals surface area contributed by atoms with Crippen molar-refractivity contribution in [3.8, 4) is 0 Å². The van der Waals surface area contributed by atoms with Gasteiger partial charge in [0.05, 0.1) is 12.2 Å². The van der Waals surface area contributed by atoms with Crippen LogP contribution in [0.3, 0.4) is 0 Å². The Hall–Kier alpha value is -0.940. The first kappa shape index (κ1) is 14.1. The maximum absolute atomic E-state index is 12.1. The summed E-state index contributed by atoms with van der Waals surface area (Å²) in [5, 5.41) is 0. The van der Waals surface area contributed by atoms with Crippen LogP contribution in [0.4, 0.5) is 0 Å². The van der Waals surface area contributed by atoms with Gasteiger partial charge in [-0.25, -0.2) is 0 Å². The summed E-state index contributed by atoms with van der Waals surface area (Å²) in [6.07, 6.45) is 3.24. The quantitative estimate of drug-likeness (QED) is 0.757. The lowest BCUT2D eigenvalue weighted by Gasteiger charge is -2.20. The first-order valence-corrected chi connectivity index (χ1v) is 6.45. The maximum atomic E-state index is 12.1. The molecule has 17 heavy (non-hydrogen) atoms. The largest absolute Gasteiger partial charge is 0.380 e. The molecule has 0 aromatic carbocycles. The fraction of sp³-hybridized carbons (Fsp3) is 0.500. The molecule has 5 heteroatoms. The monoisotopic (exact) mass is 300 g/mol. The summed E-state index contributed by atoms with van der Waals surface area (Å²) in [7, 11) is 0. The predicted octanol–water partition coefficient (Wildman–Crippen LogP) is 2.34. The number of carbonyl (C=O) groups is 1. The number of hydrogen-bond acceptors (Lipinski definition) is 3. The van der Waals surface area contributed by atoms with Gasteiger partial charge in [0.15, 0.2) is 0 Å². The van der Waals surface area contributed by atoms with E-state index in [-0.39, 0.29) is 5.91 Å². The summed E-state index contributed by atoms with van der Waals surface area (Å²) in [5.74, 6) is -0.0130. The van der Waals surface area contributed by atoms with Crippen molar-refractivity contribution in [3.63, 3.8) is 0 Å². The van der Waals surface area contributed by atoms with Crippen molar-refractivity contribution in [2.45, 2.75) is 13.8 Å². The van der Waals surface area contributed by atoms with Crippen molar-refractivity contribution in [1.82, 2.24) is 9.88 Å². The molecule has 0 bridgehead atoms. The van der Waals surface area contributed by atoms with E-state index in [0.717, 1.165) is 4.47 Å². The molecule has 0 aliphatic rings. The van der Waals surface area contributed by atoms with Crippen LogP contribution in [0.25, 0.3) is 0 Å². The lowest BCUT2D eigenvalue weighted by atomic mass is 10.2. The second kappa shape index (κ2) is 7.40. The van der Waals surface area contributed by atoms with E-state index in [2.05, 4.69) is 20.9 Å². The van der Waals surface area contributed by atoms with Crippen molar-refractivity contribution in [3.05, 3.63) is 28.5 Å². The van der Waals surface area contributed by atoms with Gasteiger partial charge in [-0.2, -0.15) is 0 Å². The van der Waals surface area contributed by atoms with Crippen LogP contribution in [0.15, 0.2) is 22.9 Å². The van der Waals surface area contributed by atoms with Crippen molar-refractivity contribution >= 4 is 21.8 Å². The second-order valence-corrected chi connectivity index (χ2v) is 4.39. The highest BCUT2D eigenvalue weighted by Crippen LogP contribution is 2.11. The zero-order valence-electron chi connectivity index (χ0n) is 10.1. The topological polar surface area (TPSA) is 42.4 Å². The molecule has 0 N–H and O–H groups in total. The Labute approximate surface area is 110 Å². The summed E-state index contributed by atoms with van der Waals surface area (Å²) >= 11 is 3.31. The molecule has 0 radical (unpaired) electrons. The second-order valence-electron chi connectivity index (χ2n) is 3.47. The molecular formula is C12H17BrN2O2. The van der Waals surface area contributed by atoms with E-state index in [0.29, 0.717) is 31.9 Å². The van der Waals surface area contributed by atoms with Crippen molar-refractivity contribution in [1.29, 1.82) is 0 Å². The van der Waals surface area contributed by atoms with Crippen molar-refractivity contribution < 1.29 is 9.53 Å². The van der Waals surface area contributed by atoms with Gasteiger partial charge in [-0.3, -0.25) is 9.78 Å². The van der Waals surface area contributed by atoms with E-state index in [4.69, 9.17) is 4.74 Å². The van der Waals surface area contributed by atoms with Gasteiger partial charge in [0.1, 0.15) is 0 Å². The highest BCUT2D eigenvalue weighted by Gasteiger charge is 2.14. The number of hydrogen-bond donors (Lipinski definition) is 0. The number of pyridine rings is 1. The Morgan fingerprint density at radius 3 is 2.82 bits per heavy atom. The smallest absolute Gasteiger partial charge is 0.255 e. The molecule has 0 unspecified atom stereocenters. The zero-order chi connectivity index (χ0) is 12.7. The van der Waals surface area contributed by atoms with Gasteiger partial charge in [-0.1, -0.05) is 0 Å². The third-order valence-corrected chi connectivity index (χ3v) is 2.76. The minimum absolute atomic E-state index is 0.0130. The van der Waals surface area contributed by atoms with E-state index in [1.165, 1.54) is 0 Å². The van der Waals surface area contributed by atoms with Gasteiger partial charge in [-0.15, -0.1) is 0 Å². The van der Waals surface area contributed by atoms with E-state index in [1.54, 1.807) is 23.4 Å². The molecule has 94 valence electrons. The fourth-order valence-corrected chi connectivity index (χ4v) is 1.80. The molecule has 0 saturated carbocycles. The molecule has 1 rings (SSSR count). The van der Waals surface area contributed by atoms with Gasteiger partial charge in [0, 0.05) is 36.6 Å². The van der Waals surface area contributed by atoms with Crippen LogP contribution < -0.4 is 0 Å². The van der Waals surface area contributed by atoms with Gasteiger partial charge in [0.25, 0.3) is 5.91 Å². The molecule has 1 amide bonds. The number of aromatic nitrogens is 1. The van der Waals surface area contributed by atoms with Crippen LogP contribution in [0.5, 0.6) is 0 Å². The summed E-state index contributed by atoms with van der Waals surface area (Å²) in [6, 6.07) is 1.78. The summed E-state index contributed by atoms with van der Waals surface area (Å²) < 4.78 is 6.07. The maximum Gasteiger partial charge on any atom is 0.255 e. The average Bonchev–Trinajstić information content (AvgIpc) is 2.34. The minimum atomic E-state index is -0.0130. The number of likely N-dealkylation sites (N-methyl/N-ethyl adjacent to an activating group) is 1. The molecule has 0 aliphatic carbocycles. The van der Waals surface area contributed by atoms with Crippen molar-refractivity contribution in [2.75, 3.05) is 26.3 Å². The number of rotatable bonds is 6. The predicted molar refractivity (Wildman–Crippen MR) is 70.0 cm³/mol. The lowest BCUT2D eigenvalue weighted by Crippen LogP contribution is -2.33. The van der Waals surface area contributed by atoms with Gasteiger partial charge in [-0.05, 0) is 35.8 Å². The van der Waals surface area contributed by atoms with E-state index >= 15 is 0 Å². The van der Waals surface area contributed by atoms with Crippen LogP contribution in [0.1, 0.15) is 24.2 Å². The molecule has 0 aliphatic heterocycles. The normalized spacial score (nSPS) is 10.3. The highest BCUT2D eigenvalue weighted by atomic mass is 79.9. The van der Waals surface area contributed by atoms with Crippen LogP contribution >= 0.6 is 15.9 Å². The molecule has 1 aromatic heterocycles. The lowest BCUT2D eigenvalue weighted by molar-refractivity contribution is 0.0668. The van der Waals surface area contributed by atoms with Crippen molar-refractivity contribution in [2.24, 2.45) is 0 Å². The molecule has 0 saturated heterocycles. The van der Waals surface area contributed by atoms with Gasteiger partial charge < -0.3 is 9.64 Å². The van der Waals surface area contributed by atoms with Gasteiger partial charge >= 0.3 is 0 Å². The van der Waals surface area contributed by atoms with E-state index < -0.39 is 0 Å². The number of carbonyl (C=O) groups excluding carboxylic acids is 1. The summed E-state index contributed by atoms with van der Waals surface area (Å²) in [6.45, 7) is 6.40. The third kappa shape index (κ3) is 4.44. The Kier molecular flexibility index (Phi) is 6.15. The van der Waals surface area contributed by atoms with Crippen LogP contribution in [0.2, 0.25) is 0 Å². The fourth-order valence-electron chi connectivity index (χ4n) is 1.43. The highest BCUT2D eigenvalue weighted by molar-refractivity contribution is 9.10. The Morgan fingerprint density at radius 1 is 1.47 bits per heavy atom. The van der Waals surface area contributed by atoms with Crippen LogP contribution in [0, 0.1) is 0 Å². The molecule has 1 heterocycles. The average molecular weight is 301 g/mol. The van der Waals surface area contributed by atoms with Crippen LogP contribution in [-0.4, -0.2) is 42.1 Å². The molecule has 1 aromatic rings. The number of amides is 1. The first-order valence-electron chi connectivity index (χ1n) is 5.66. The standard InChI is InChI=1S/C12H17BrN2O2/c1-3-15(5-6-17-4-2)12(16)10-7-11(13)9-14-8-10/h7-9H,3-6H2,1-2H3. The Bertz CT molecular complexity index is 371. The molecule has 4 nitrogen and oxygen atoms in total. The third-order valence-electron chi connectivity index (χ3n) is 2.33. The van der Waals surface area contributed by atoms with Gasteiger partial charge in [0.2, 0.25) is 0 Å². The molecule has 0 atom stereocenters. The summed E-state index contributed by atoms with van der Waals surface area (Å²) in [5.41, 5.74) is 0.595. The first-order chi connectivity index (χ1) is 8.19. The zero-order valence-corrected chi connectivity index (χ0v) is 11.7. The molecule has 0 fully saturated rings. The summed E-state index contributed by atoms with van der Waals surface area (Å²) in [4.78, 5) is 17.9. The number of halogens is 1. The Balaban J connectivity index is 2.65. The molecule has 0 spiro atoms. The van der Waals surface area contributed by atoms with Crippen LogP contribution in [-0.2, 0) is 4.74 Å². The molecular weight excluding hydrogens is 284 g/mol. The number of nitrogens with zero attached hydrogens (tertiary/aromatic N) is 2. The van der Waals surface area contributed by atoms with E-state index in [1.807, 2.05) is 13.8 Å². The number of ether oxygens (including phenoxy) is 1. The Morgan fingerprint density at radius 2 is 2.24 bits per heavy atom. The SMILES string of the molecule is CCOCCN(CC)C(=O)c1cncc(Br)c1. The minimum Gasteiger partial charge on any atom is -0.380 e.